The van der Waals surface area contributed by atoms with Gasteiger partial charge >= 0.3 is 0 Å². The smallest absolute Gasteiger partial charge is 0.276 e. The lowest BCUT2D eigenvalue weighted by Gasteiger charge is -2.14. The molecule has 3 N–H and O–H groups in total. The van der Waals surface area contributed by atoms with E-state index in [2.05, 4.69) is 21.2 Å². The summed E-state index contributed by atoms with van der Waals surface area (Å²) in [6.45, 7) is 0. The molecule has 116 valence electrons. The summed E-state index contributed by atoms with van der Waals surface area (Å²) < 4.78 is 41.8. The van der Waals surface area contributed by atoms with Crippen LogP contribution in [0.1, 0.15) is 10.4 Å². The molecule has 9 heteroatoms. The van der Waals surface area contributed by atoms with Crippen LogP contribution in [0.2, 0.25) is 0 Å². The van der Waals surface area contributed by atoms with Crippen LogP contribution in [-0.2, 0) is 0 Å². The SMILES string of the molecule is O=C(NO)c1cc(Br)c(F)c(F)c1Nc1ccc(I)cc1F. The van der Waals surface area contributed by atoms with Gasteiger partial charge in [-0.25, -0.2) is 18.7 Å². The second-order valence-electron chi connectivity index (χ2n) is 4.10. The zero-order valence-electron chi connectivity index (χ0n) is 10.6. The predicted molar refractivity (Wildman–Crippen MR) is 85.7 cm³/mol. The third-order valence-electron chi connectivity index (χ3n) is 2.70. The second-order valence-corrected chi connectivity index (χ2v) is 6.20. The van der Waals surface area contributed by atoms with E-state index in [0.717, 1.165) is 6.07 Å². The van der Waals surface area contributed by atoms with E-state index in [9.17, 15) is 18.0 Å². The van der Waals surface area contributed by atoms with E-state index in [-0.39, 0.29) is 10.2 Å². The Labute approximate surface area is 144 Å². The molecular formula is C13H7BrF3IN2O2. The standard InChI is InChI=1S/C13H7BrF3IN2O2/c14-7-4-6(13(21)20-22)12(11(17)10(7)16)19-9-2-1-5(18)3-8(9)15/h1-4,19,22H,(H,20,21). The molecule has 2 rings (SSSR count). The van der Waals surface area contributed by atoms with Gasteiger partial charge in [0.15, 0.2) is 11.6 Å². The molecule has 22 heavy (non-hydrogen) atoms. The van der Waals surface area contributed by atoms with Crippen LogP contribution in [0.3, 0.4) is 0 Å². The molecule has 0 unspecified atom stereocenters. The number of hydroxylamine groups is 1. The Balaban J connectivity index is 2.58. The maximum atomic E-state index is 14.1. The molecule has 0 aliphatic heterocycles. The Hall–Kier alpha value is -1.33. The lowest BCUT2D eigenvalue weighted by Crippen LogP contribution is -2.21. The molecule has 0 saturated carbocycles. The van der Waals surface area contributed by atoms with Gasteiger partial charge in [-0.2, -0.15) is 0 Å². The molecule has 1 amide bonds. The van der Waals surface area contributed by atoms with Crippen molar-refractivity contribution in [1.82, 2.24) is 5.48 Å². The summed E-state index contributed by atoms with van der Waals surface area (Å²) in [6.07, 6.45) is 0. The number of nitrogens with one attached hydrogen (secondary N) is 2. The summed E-state index contributed by atoms with van der Waals surface area (Å²) >= 11 is 4.65. The van der Waals surface area contributed by atoms with E-state index in [4.69, 9.17) is 5.21 Å². The minimum atomic E-state index is -1.38. The largest absolute Gasteiger partial charge is 0.350 e. The van der Waals surface area contributed by atoms with Crippen molar-refractivity contribution in [2.45, 2.75) is 0 Å². The van der Waals surface area contributed by atoms with Crippen LogP contribution in [0.5, 0.6) is 0 Å². The van der Waals surface area contributed by atoms with Crippen molar-refractivity contribution >= 4 is 55.8 Å². The summed E-state index contributed by atoms with van der Waals surface area (Å²) in [4.78, 5) is 11.6. The van der Waals surface area contributed by atoms with Gasteiger partial charge in [0.1, 0.15) is 5.82 Å². The minimum Gasteiger partial charge on any atom is -0.350 e. The second kappa shape index (κ2) is 6.84. The maximum Gasteiger partial charge on any atom is 0.276 e. The zero-order chi connectivity index (χ0) is 16.4. The van der Waals surface area contributed by atoms with Crippen molar-refractivity contribution in [3.8, 4) is 0 Å². The molecule has 0 saturated heterocycles. The third kappa shape index (κ3) is 3.36. The molecule has 0 aliphatic rings. The number of hydrogen-bond acceptors (Lipinski definition) is 3. The lowest BCUT2D eigenvalue weighted by molar-refractivity contribution is 0.0706. The van der Waals surface area contributed by atoms with Crippen LogP contribution in [-0.4, -0.2) is 11.1 Å². The third-order valence-corrected chi connectivity index (χ3v) is 3.95. The van der Waals surface area contributed by atoms with Gasteiger partial charge in [-0.05, 0) is 62.8 Å². The lowest BCUT2D eigenvalue weighted by atomic mass is 10.1. The fourth-order valence-electron chi connectivity index (χ4n) is 1.68. The molecule has 2 aromatic rings. The van der Waals surface area contributed by atoms with Crippen molar-refractivity contribution in [3.63, 3.8) is 0 Å². The molecule has 0 heterocycles. The number of benzene rings is 2. The maximum absolute atomic E-state index is 14.1. The first-order chi connectivity index (χ1) is 10.3. The normalized spacial score (nSPS) is 10.5. The van der Waals surface area contributed by atoms with Crippen molar-refractivity contribution in [3.05, 3.63) is 55.3 Å². The Morgan fingerprint density at radius 3 is 2.45 bits per heavy atom. The number of carbonyl (C=O) groups is 1. The van der Waals surface area contributed by atoms with Crippen LogP contribution in [0, 0.1) is 21.0 Å². The molecule has 0 bridgehead atoms. The van der Waals surface area contributed by atoms with E-state index < -0.39 is 34.6 Å². The number of anilines is 2. The topological polar surface area (TPSA) is 61.4 Å². The number of hydrogen-bond donors (Lipinski definition) is 3. The quantitative estimate of drug-likeness (QED) is 0.262. The Bertz CT molecular complexity index is 759. The van der Waals surface area contributed by atoms with Crippen LogP contribution in [0.15, 0.2) is 28.7 Å². The predicted octanol–water partition coefficient (Wildman–Crippen LogP) is 4.33. The summed E-state index contributed by atoms with van der Waals surface area (Å²) in [5, 5.41) is 11.0. The van der Waals surface area contributed by atoms with E-state index >= 15 is 0 Å². The van der Waals surface area contributed by atoms with E-state index in [1.54, 1.807) is 6.07 Å². The van der Waals surface area contributed by atoms with Crippen molar-refractivity contribution in [2.75, 3.05) is 5.32 Å². The Kier molecular flexibility index (Phi) is 5.29. The van der Waals surface area contributed by atoms with Crippen LogP contribution in [0.25, 0.3) is 0 Å². The highest BCUT2D eigenvalue weighted by Gasteiger charge is 2.22. The minimum absolute atomic E-state index is 0.145. The van der Waals surface area contributed by atoms with Gasteiger partial charge in [-0.3, -0.25) is 10.0 Å². The monoisotopic (exact) mass is 486 g/mol. The highest BCUT2D eigenvalue weighted by atomic mass is 127. The van der Waals surface area contributed by atoms with Crippen LogP contribution >= 0.6 is 38.5 Å². The summed E-state index contributed by atoms with van der Waals surface area (Å²) in [5.74, 6) is -4.41. The molecule has 0 atom stereocenters. The Morgan fingerprint density at radius 1 is 1.18 bits per heavy atom. The molecule has 0 spiro atoms. The first-order valence-electron chi connectivity index (χ1n) is 5.69. The van der Waals surface area contributed by atoms with E-state index in [1.165, 1.54) is 17.6 Å². The fraction of sp³-hybridized carbons (Fsp3) is 0. The van der Waals surface area contributed by atoms with Gasteiger partial charge in [0, 0.05) is 3.57 Å². The van der Waals surface area contributed by atoms with Crippen LogP contribution < -0.4 is 10.8 Å². The summed E-state index contributed by atoms with van der Waals surface area (Å²) in [6, 6.07) is 5.01. The van der Waals surface area contributed by atoms with Gasteiger partial charge in [0.25, 0.3) is 5.91 Å². The highest BCUT2D eigenvalue weighted by molar-refractivity contribution is 14.1. The van der Waals surface area contributed by atoms with Gasteiger partial charge in [-0.1, -0.05) is 0 Å². The van der Waals surface area contributed by atoms with Gasteiger partial charge in [0.2, 0.25) is 0 Å². The van der Waals surface area contributed by atoms with Gasteiger partial charge < -0.3 is 5.32 Å². The van der Waals surface area contributed by atoms with E-state index in [0.29, 0.717) is 3.57 Å². The van der Waals surface area contributed by atoms with Crippen molar-refractivity contribution in [1.29, 1.82) is 0 Å². The number of amides is 1. The average molecular weight is 487 g/mol. The molecule has 0 aromatic heterocycles. The van der Waals surface area contributed by atoms with Gasteiger partial charge in [-0.15, -0.1) is 0 Å². The Morgan fingerprint density at radius 2 is 1.86 bits per heavy atom. The molecular weight excluding hydrogens is 480 g/mol. The van der Waals surface area contributed by atoms with Crippen molar-refractivity contribution < 1.29 is 23.2 Å². The molecule has 0 aliphatic carbocycles. The fourth-order valence-corrected chi connectivity index (χ4v) is 2.54. The van der Waals surface area contributed by atoms with E-state index in [1.807, 2.05) is 22.6 Å². The number of halogens is 5. The molecule has 0 radical (unpaired) electrons. The number of carbonyl (C=O) groups excluding carboxylic acids is 1. The zero-order valence-corrected chi connectivity index (χ0v) is 14.3. The molecule has 0 fully saturated rings. The summed E-state index contributed by atoms with van der Waals surface area (Å²) in [5.41, 5.74) is 0.188. The highest BCUT2D eigenvalue weighted by Crippen LogP contribution is 2.32. The summed E-state index contributed by atoms with van der Waals surface area (Å²) in [7, 11) is 0. The van der Waals surface area contributed by atoms with Gasteiger partial charge in [0.05, 0.1) is 21.4 Å². The molecule has 2 aromatic carbocycles. The first-order valence-corrected chi connectivity index (χ1v) is 7.56. The number of rotatable bonds is 3. The first kappa shape index (κ1) is 17.0. The average Bonchev–Trinajstić information content (AvgIpc) is 2.49. The van der Waals surface area contributed by atoms with Crippen LogP contribution in [0.4, 0.5) is 24.5 Å². The molecule has 4 nitrogen and oxygen atoms in total. The van der Waals surface area contributed by atoms with Crippen molar-refractivity contribution in [2.24, 2.45) is 0 Å².